The smallest absolute Gasteiger partial charge is 0.340 e. The molecule has 0 spiro atoms. The fourth-order valence-corrected chi connectivity index (χ4v) is 1.37. The summed E-state index contributed by atoms with van der Waals surface area (Å²) in [7, 11) is 1.56. The Morgan fingerprint density at radius 3 is 2.81 bits per heavy atom. The van der Waals surface area contributed by atoms with Gasteiger partial charge in [0.1, 0.15) is 6.10 Å². The van der Waals surface area contributed by atoms with E-state index >= 15 is 0 Å². The van der Waals surface area contributed by atoms with Crippen molar-refractivity contribution in [3.63, 3.8) is 0 Å². The van der Waals surface area contributed by atoms with E-state index < -0.39 is 5.97 Å². The van der Waals surface area contributed by atoms with Crippen LogP contribution in [-0.2, 0) is 9.47 Å². The molecule has 1 rings (SSSR count). The molecule has 1 unspecified atom stereocenters. The number of benzene rings is 1. The highest BCUT2D eigenvalue weighted by Gasteiger charge is 2.15. The average Bonchev–Trinajstić information content (AvgIpc) is 2.22. The minimum absolute atomic E-state index is 0.280. The third-order valence-corrected chi connectivity index (χ3v) is 2.25. The van der Waals surface area contributed by atoms with Crippen LogP contribution in [0, 0.1) is 6.92 Å². The van der Waals surface area contributed by atoms with Crippen molar-refractivity contribution >= 4 is 11.7 Å². The fourth-order valence-electron chi connectivity index (χ4n) is 1.37. The van der Waals surface area contributed by atoms with Crippen LogP contribution in [-0.4, -0.2) is 25.8 Å². The molecule has 4 heteroatoms. The number of methoxy groups -OCH3 is 1. The van der Waals surface area contributed by atoms with Gasteiger partial charge in [-0.15, -0.1) is 0 Å². The molecule has 0 saturated heterocycles. The van der Waals surface area contributed by atoms with E-state index in [4.69, 9.17) is 15.2 Å². The van der Waals surface area contributed by atoms with Gasteiger partial charge in [-0.3, -0.25) is 0 Å². The van der Waals surface area contributed by atoms with E-state index in [9.17, 15) is 4.79 Å². The van der Waals surface area contributed by atoms with Crippen LogP contribution in [0.15, 0.2) is 18.2 Å². The van der Waals surface area contributed by atoms with Gasteiger partial charge in [0.2, 0.25) is 0 Å². The first kappa shape index (κ1) is 12.5. The molecule has 0 amide bonds. The Morgan fingerprint density at radius 1 is 1.50 bits per heavy atom. The van der Waals surface area contributed by atoms with Crippen LogP contribution in [0.25, 0.3) is 0 Å². The lowest BCUT2D eigenvalue weighted by Gasteiger charge is -2.13. The standard InChI is InChI=1S/C12H17NO3/c1-8-5-4-6-10(11(8)13)12(14)16-9(2)7-15-3/h4-6,9H,7,13H2,1-3H3. The number of carbonyl (C=O) groups excluding carboxylic acids is 1. The van der Waals surface area contributed by atoms with Crippen LogP contribution in [0.2, 0.25) is 0 Å². The second-order valence-corrected chi connectivity index (χ2v) is 3.71. The second-order valence-electron chi connectivity index (χ2n) is 3.71. The molecule has 1 atom stereocenters. The Labute approximate surface area is 95.3 Å². The Hall–Kier alpha value is -1.55. The van der Waals surface area contributed by atoms with Crippen LogP contribution in [0.3, 0.4) is 0 Å². The molecule has 0 aliphatic carbocycles. The number of para-hydroxylation sites is 1. The molecule has 0 aliphatic heterocycles. The van der Waals surface area contributed by atoms with E-state index in [0.29, 0.717) is 17.9 Å². The molecule has 0 aliphatic rings. The summed E-state index contributed by atoms with van der Waals surface area (Å²) in [4.78, 5) is 11.7. The van der Waals surface area contributed by atoms with E-state index in [1.54, 1.807) is 26.2 Å². The highest BCUT2D eigenvalue weighted by Crippen LogP contribution is 2.17. The minimum Gasteiger partial charge on any atom is -0.457 e. The SMILES string of the molecule is COCC(C)OC(=O)c1cccc(C)c1N. The van der Waals surface area contributed by atoms with Crippen molar-refractivity contribution in [2.45, 2.75) is 20.0 Å². The number of anilines is 1. The molecule has 1 aromatic rings. The van der Waals surface area contributed by atoms with E-state index in [-0.39, 0.29) is 6.10 Å². The van der Waals surface area contributed by atoms with Crippen LogP contribution < -0.4 is 5.73 Å². The lowest BCUT2D eigenvalue weighted by atomic mass is 10.1. The zero-order chi connectivity index (χ0) is 12.1. The van der Waals surface area contributed by atoms with Crippen molar-refractivity contribution in [2.24, 2.45) is 0 Å². The molecule has 88 valence electrons. The van der Waals surface area contributed by atoms with E-state index in [0.717, 1.165) is 5.56 Å². The summed E-state index contributed by atoms with van der Waals surface area (Å²) in [6, 6.07) is 5.29. The molecule has 0 saturated carbocycles. The van der Waals surface area contributed by atoms with E-state index in [1.807, 2.05) is 13.0 Å². The quantitative estimate of drug-likeness (QED) is 0.624. The molecule has 0 aromatic heterocycles. The molecular weight excluding hydrogens is 206 g/mol. The maximum absolute atomic E-state index is 11.7. The number of aryl methyl sites for hydroxylation is 1. The van der Waals surface area contributed by atoms with E-state index in [1.165, 1.54) is 0 Å². The summed E-state index contributed by atoms with van der Waals surface area (Å²) in [6.07, 6.45) is -0.280. The number of hydrogen-bond donors (Lipinski definition) is 1. The van der Waals surface area contributed by atoms with Gasteiger partial charge in [-0.1, -0.05) is 12.1 Å². The van der Waals surface area contributed by atoms with Crippen molar-refractivity contribution in [1.29, 1.82) is 0 Å². The molecular formula is C12H17NO3. The monoisotopic (exact) mass is 223 g/mol. The zero-order valence-electron chi connectivity index (χ0n) is 9.82. The summed E-state index contributed by atoms with van der Waals surface area (Å²) in [5.74, 6) is -0.411. The largest absolute Gasteiger partial charge is 0.457 e. The first-order valence-corrected chi connectivity index (χ1v) is 5.11. The number of rotatable bonds is 4. The highest BCUT2D eigenvalue weighted by molar-refractivity contribution is 5.95. The van der Waals surface area contributed by atoms with Crippen LogP contribution >= 0.6 is 0 Å². The lowest BCUT2D eigenvalue weighted by Crippen LogP contribution is -2.20. The molecule has 1 aromatic carbocycles. The summed E-state index contributed by atoms with van der Waals surface area (Å²) in [5, 5.41) is 0. The van der Waals surface area contributed by atoms with Crippen molar-refractivity contribution in [1.82, 2.24) is 0 Å². The van der Waals surface area contributed by atoms with Gasteiger partial charge in [-0.2, -0.15) is 0 Å². The Morgan fingerprint density at radius 2 is 2.19 bits per heavy atom. The summed E-state index contributed by atoms with van der Waals surface area (Å²) >= 11 is 0. The number of carbonyl (C=O) groups is 1. The molecule has 0 fully saturated rings. The number of ether oxygens (including phenoxy) is 2. The number of hydrogen-bond acceptors (Lipinski definition) is 4. The van der Waals surface area contributed by atoms with Crippen molar-refractivity contribution in [3.05, 3.63) is 29.3 Å². The Kier molecular flexibility index (Phi) is 4.31. The third-order valence-electron chi connectivity index (χ3n) is 2.25. The third kappa shape index (κ3) is 2.97. The molecule has 16 heavy (non-hydrogen) atoms. The average molecular weight is 223 g/mol. The van der Waals surface area contributed by atoms with Gasteiger partial charge in [0.15, 0.2) is 0 Å². The van der Waals surface area contributed by atoms with Crippen molar-refractivity contribution in [3.8, 4) is 0 Å². The molecule has 0 radical (unpaired) electrons. The van der Waals surface area contributed by atoms with Crippen LogP contribution in [0.1, 0.15) is 22.8 Å². The zero-order valence-corrected chi connectivity index (χ0v) is 9.82. The number of nitrogen functional groups attached to an aromatic ring is 1. The maximum Gasteiger partial charge on any atom is 0.340 e. The van der Waals surface area contributed by atoms with Crippen LogP contribution in [0.5, 0.6) is 0 Å². The Bertz CT molecular complexity index is 377. The van der Waals surface area contributed by atoms with Crippen molar-refractivity contribution < 1.29 is 14.3 Å². The van der Waals surface area contributed by atoms with Gasteiger partial charge in [0, 0.05) is 12.8 Å². The topological polar surface area (TPSA) is 61.5 Å². The van der Waals surface area contributed by atoms with Gasteiger partial charge in [-0.05, 0) is 25.5 Å². The molecule has 4 nitrogen and oxygen atoms in total. The minimum atomic E-state index is -0.411. The second kappa shape index (κ2) is 5.51. The summed E-state index contributed by atoms with van der Waals surface area (Å²) < 4.78 is 10.1. The predicted molar refractivity (Wildman–Crippen MR) is 62.3 cm³/mol. The van der Waals surface area contributed by atoms with Gasteiger partial charge in [0.25, 0.3) is 0 Å². The lowest BCUT2D eigenvalue weighted by molar-refractivity contribution is 0.0121. The fraction of sp³-hybridized carbons (Fsp3) is 0.417. The maximum atomic E-state index is 11.7. The molecule has 2 N–H and O–H groups in total. The first-order chi connectivity index (χ1) is 7.56. The Balaban J connectivity index is 2.77. The number of nitrogens with two attached hydrogens (primary N) is 1. The molecule has 0 heterocycles. The normalized spacial score (nSPS) is 12.2. The first-order valence-electron chi connectivity index (χ1n) is 5.11. The highest BCUT2D eigenvalue weighted by atomic mass is 16.6. The summed E-state index contributed by atoms with van der Waals surface area (Å²) in [6.45, 7) is 4.00. The van der Waals surface area contributed by atoms with Gasteiger partial charge >= 0.3 is 5.97 Å². The number of esters is 1. The molecule has 0 bridgehead atoms. The van der Waals surface area contributed by atoms with Gasteiger partial charge < -0.3 is 15.2 Å². The van der Waals surface area contributed by atoms with Crippen LogP contribution in [0.4, 0.5) is 5.69 Å². The van der Waals surface area contributed by atoms with Gasteiger partial charge in [0.05, 0.1) is 12.2 Å². The van der Waals surface area contributed by atoms with Crippen molar-refractivity contribution in [2.75, 3.05) is 19.5 Å². The van der Waals surface area contributed by atoms with E-state index in [2.05, 4.69) is 0 Å². The summed E-state index contributed by atoms with van der Waals surface area (Å²) in [5.41, 5.74) is 7.55. The predicted octanol–water partition coefficient (Wildman–Crippen LogP) is 1.77. The van der Waals surface area contributed by atoms with Gasteiger partial charge in [-0.25, -0.2) is 4.79 Å².